The molecule has 31 heavy (non-hydrogen) atoms. The fraction of sp³-hybridized carbons (Fsp3) is 0.261. The van der Waals surface area contributed by atoms with Crippen LogP contribution in [-0.4, -0.2) is 40.1 Å². The number of ether oxygens (including phenoxy) is 1. The molecule has 1 aliphatic carbocycles. The van der Waals surface area contributed by atoms with E-state index in [1.54, 1.807) is 6.33 Å². The van der Waals surface area contributed by atoms with Crippen LogP contribution < -0.4 is 21.1 Å². The number of hydrogen-bond acceptors (Lipinski definition) is 6. The topological polar surface area (TPSA) is 118 Å². The summed E-state index contributed by atoms with van der Waals surface area (Å²) in [5.74, 6) is 0.775. The van der Waals surface area contributed by atoms with E-state index in [0.29, 0.717) is 19.1 Å². The van der Waals surface area contributed by atoms with Gasteiger partial charge in [-0.2, -0.15) is 0 Å². The number of carbonyl (C=O) groups excluding carboxylic acids is 1. The van der Waals surface area contributed by atoms with Crippen molar-refractivity contribution in [2.24, 2.45) is 11.7 Å². The van der Waals surface area contributed by atoms with Crippen LogP contribution in [0.25, 0.3) is 33.1 Å². The van der Waals surface area contributed by atoms with Gasteiger partial charge in [-0.05, 0) is 37.0 Å². The zero-order chi connectivity index (χ0) is 20.9. The molecule has 4 aromatic rings. The number of nitrogens with two attached hydrogens (primary N) is 1. The molecule has 2 aromatic heterocycles. The first kappa shape index (κ1) is 18.0. The average molecular weight is 414 g/mol. The van der Waals surface area contributed by atoms with E-state index < -0.39 is 0 Å². The van der Waals surface area contributed by atoms with E-state index in [1.165, 1.54) is 0 Å². The summed E-state index contributed by atoms with van der Waals surface area (Å²) in [6.45, 7) is 1.25. The van der Waals surface area contributed by atoms with Gasteiger partial charge in [-0.15, -0.1) is 0 Å². The van der Waals surface area contributed by atoms with Gasteiger partial charge in [-0.3, -0.25) is 4.79 Å². The summed E-state index contributed by atoms with van der Waals surface area (Å²) >= 11 is 0. The highest BCUT2D eigenvalue weighted by molar-refractivity contribution is 6.07. The smallest absolute Gasteiger partial charge is 0.240 e. The monoisotopic (exact) mass is 414 g/mol. The van der Waals surface area contributed by atoms with Crippen LogP contribution in [0.3, 0.4) is 0 Å². The van der Waals surface area contributed by atoms with Gasteiger partial charge in [0.1, 0.15) is 24.7 Å². The van der Waals surface area contributed by atoms with Crippen LogP contribution in [0, 0.1) is 5.92 Å². The van der Waals surface area contributed by atoms with Crippen molar-refractivity contribution in [3.63, 3.8) is 0 Å². The zero-order valence-electron chi connectivity index (χ0n) is 16.8. The molecule has 5 N–H and O–H groups in total. The number of rotatable bonds is 5. The summed E-state index contributed by atoms with van der Waals surface area (Å²) in [5, 5.41) is 8.83. The lowest BCUT2D eigenvalue weighted by molar-refractivity contribution is -0.119. The van der Waals surface area contributed by atoms with Crippen LogP contribution in [0.4, 0.5) is 11.4 Å². The number of H-pyrrole nitrogens is 1. The molecule has 1 aliphatic heterocycles. The van der Waals surface area contributed by atoms with E-state index in [-0.39, 0.29) is 11.9 Å². The first-order valence-electron chi connectivity index (χ1n) is 10.5. The van der Waals surface area contributed by atoms with Crippen LogP contribution in [0.5, 0.6) is 5.75 Å². The Morgan fingerprint density at radius 1 is 1.26 bits per heavy atom. The Bertz CT molecular complexity index is 1330. The molecule has 156 valence electrons. The molecule has 8 heteroatoms. The van der Waals surface area contributed by atoms with E-state index in [1.807, 2.05) is 24.4 Å². The van der Waals surface area contributed by atoms with Gasteiger partial charge < -0.3 is 26.1 Å². The van der Waals surface area contributed by atoms with E-state index in [9.17, 15) is 4.79 Å². The standard InChI is InChI=1S/C23H22N6O2/c24-23(30)21(12-1-2-12)28-15-8-17-19-18(9-15)31-6-5-26-22(19)20(29-17)13-3-4-16-14(7-13)10-25-11-27-16/h3-4,7-12,21,26,28-29H,1-2,5-6H2,(H2,24,30)/t21-/m0/s1. The minimum absolute atomic E-state index is 0.310. The second kappa shape index (κ2) is 6.87. The zero-order valence-corrected chi connectivity index (χ0v) is 16.8. The Kier molecular flexibility index (Phi) is 3.99. The van der Waals surface area contributed by atoms with Crippen molar-refractivity contribution in [2.45, 2.75) is 18.9 Å². The van der Waals surface area contributed by atoms with Crippen LogP contribution in [-0.2, 0) is 4.79 Å². The molecule has 0 bridgehead atoms. The number of nitrogens with zero attached hydrogens (tertiary/aromatic N) is 2. The first-order valence-corrected chi connectivity index (χ1v) is 10.5. The quantitative estimate of drug-likeness (QED) is 0.398. The molecule has 1 atom stereocenters. The van der Waals surface area contributed by atoms with Crippen molar-refractivity contribution in [1.29, 1.82) is 0 Å². The molecule has 1 saturated carbocycles. The largest absolute Gasteiger partial charge is 0.491 e. The number of carbonyl (C=O) groups is 1. The molecule has 1 fully saturated rings. The Morgan fingerprint density at radius 2 is 2.16 bits per heavy atom. The summed E-state index contributed by atoms with van der Waals surface area (Å²) in [6, 6.07) is 9.76. The third-order valence-corrected chi connectivity index (χ3v) is 6.04. The molecule has 2 aliphatic rings. The molecule has 0 saturated heterocycles. The Balaban J connectivity index is 1.48. The molecule has 8 nitrogen and oxygen atoms in total. The molecule has 3 heterocycles. The summed E-state index contributed by atoms with van der Waals surface area (Å²) in [4.78, 5) is 23.9. The first-order chi connectivity index (χ1) is 15.2. The van der Waals surface area contributed by atoms with Gasteiger partial charge in [0, 0.05) is 35.4 Å². The molecule has 6 rings (SSSR count). The normalized spacial score (nSPS) is 16.4. The number of fused-ring (bicyclic) bond motifs is 1. The Hall–Kier alpha value is -3.81. The molecule has 0 radical (unpaired) electrons. The van der Waals surface area contributed by atoms with E-state index in [4.69, 9.17) is 10.5 Å². The molecule has 0 unspecified atom stereocenters. The lowest BCUT2D eigenvalue weighted by Gasteiger charge is -2.17. The van der Waals surface area contributed by atoms with Crippen molar-refractivity contribution in [2.75, 3.05) is 23.8 Å². The molecule has 1 amide bonds. The molecular weight excluding hydrogens is 392 g/mol. The highest BCUT2D eigenvalue weighted by Crippen LogP contribution is 2.44. The van der Waals surface area contributed by atoms with Crippen LogP contribution in [0.15, 0.2) is 42.9 Å². The number of benzene rings is 2. The van der Waals surface area contributed by atoms with Gasteiger partial charge in [-0.25, -0.2) is 9.97 Å². The van der Waals surface area contributed by atoms with Gasteiger partial charge in [0.15, 0.2) is 0 Å². The van der Waals surface area contributed by atoms with Crippen molar-refractivity contribution < 1.29 is 9.53 Å². The van der Waals surface area contributed by atoms with Crippen molar-refractivity contribution >= 4 is 39.1 Å². The van der Waals surface area contributed by atoms with Crippen molar-refractivity contribution in [3.05, 3.63) is 42.9 Å². The lowest BCUT2D eigenvalue weighted by Crippen LogP contribution is -2.37. The number of primary amides is 1. The SMILES string of the molecule is NC(=O)[C@@H](Nc1cc2c3c(c(-c4ccc5ncncc5c4)[nH]c3c1)NCCO2)C1CC1. The van der Waals surface area contributed by atoms with Crippen molar-refractivity contribution in [3.8, 4) is 17.0 Å². The summed E-state index contributed by atoms with van der Waals surface area (Å²) in [7, 11) is 0. The third kappa shape index (κ3) is 3.11. The van der Waals surface area contributed by atoms with Crippen LogP contribution in [0.1, 0.15) is 12.8 Å². The fourth-order valence-corrected chi connectivity index (χ4v) is 4.39. The van der Waals surface area contributed by atoms with Gasteiger partial charge in [-0.1, -0.05) is 6.07 Å². The minimum Gasteiger partial charge on any atom is -0.491 e. The number of nitrogens with one attached hydrogen (secondary N) is 3. The predicted molar refractivity (Wildman–Crippen MR) is 120 cm³/mol. The van der Waals surface area contributed by atoms with E-state index in [0.717, 1.165) is 63.0 Å². The lowest BCUT2D eigenvalue weighted by atomic mass is 10.1. The Labute approximate surface area is 178 Å². The van der Waals surface area contributed by atoms with Crippen LogP contribution in [0.2, 0.25) is 0 Å². The summed E-state index contributed by atoms with van der Waals surface area (Å²) < 4.78 is 6.04. The molecular formula is C23H22N6O2. The number of aromatic amines is 1. The second-order valence-corrected chi connectivity index (χ2v) is 8.21. The van der Waals surface area contributed by atoms with Crippen molar-refractivity contribution in [1.82, 2.24) is 15.0 Å². The highest BCUT2D eigenvalue weighted by Gasteiger charge is 2.35. The van der Waals surface area contributed by atoms with E-state index >= 15 is 0 Å². The Morgan fingerprint density at radius 3 is 3.00 bits per heavy atom. The molecule has 0 spiro atoms. The fourth-order valence-electron chi connectivity index (χ4n) is 4.39. The number of amides is 1. The van der Waals surface area contributed by atoms with Gasteiger partial charge >= 0.3 is 0 Å². The molecule has 2 aromatic carbocycles. The number of hydrogen-bond donors (Lipinski definition) is 4. The van der Waals surface area contributed by atoms with Gasteiger partial charge in [0.05, 0.1) is 27.8 Å². The van der Waals surface area contributed by atoms with Gasteiger partial charge in [0.2, 0.25) is 5.91 Å². The predicted octanol–water partition coefficient (Wildman–Crippen LogP) is 3.26. The maximum Gasteiger partial charge on any atom is 0.240 e. The highest BCUT2D eigenvalue weighted by atomic mass is 16.5. The third-order valence-electron chi connectivity index (χ3n) is 6.04. The average Bonchev–Trinajstić information content (AvgIpc) is 3.57. The summed E-state index contributed by atoms with van der Waals surface area (Å²) in [5.41, 5.74) is 11.3. The number of anilines is 2. The summed E-state index contributed by atoms with van der Waals surface area (Å²) in [6.07, 6.45) is 5.43. The maximum absolute atomic E-state index is 11.9. The van der Waals surface area contributed by atoms with E-state index in [2.05, 4.69) is 37.7 Å². The maximum atomic E-state index is 11.9. The van der Waals surface area contributed by atoms with Crippen LogP contribution >= 0.6 is 0 Å². The van der Waals surface area contributed by atoms with Gasteiger partial charge in [0.25, 0.3) is 0 Å². The second-order valence-electron chi connectivity index (χ2n) is 8.21. The number of aromatic nitrogens is 3. The minimum atomic E-state index is -0.358.